The smallest absolute Gasteiger partial charge is 0.340 e. The summed E-state index contributed by atoms with van der Waals surface area (Å²) in [7, 11) is 0. The van der Waals surface area contributed by atoms with E-state index in [0.717, 1.165) is 12.1 Å². The second-order valence-electron chi connectivity index (χ2n) is 6.60. The van der Waals surface area contributed by atoms with Crippen LogP contribution >= 0.6 is 0 Å². The molecule has 0 unspecified atom stereocenters. The van der Waals surface area contributed by atoms with E-state index in [-0.39, 0.29) is 5.69 Å². The van der Waals surface area contributed by atoms with Crippen molar-refractivity contribution in [3.63, 3.8) is 0 Å². The highest BCUT2D eigenvalue weighted by atomic mass is 19.4. The highest BCUT2D eigenvalue weighted by Gasteiger charge is 2.30. The van der Waals surface area contributed by atoms with E-state index in [0.29, 0.717) is 28.1 Å². The Kier molecular flexibility index (Phi) is 5.40. The number of hydrogen-bond donors (Lipinski definition) is 3. The lowest BCUT2D eigenvalue weighted by Gasteiger charge is -2.12. The minimum atomic E-state index is -4.44. The average molecular weight is 423 g/mol. The first kappa shape index (κ1) is 20.1. The number of fused-ring (bicyclic) bond motifs is 1. The van der Waals surface area contributed by atoms with E-state index in [4.69, 9.17) is 0 Å². The summed E-state index contributed by atoms with van der Waals surface area (Å²) in [6.45, 7) is 0. The summed E-state index contributed by atoms with van der Waals surface area (Å²) in [5.74, 6) is 0.351. The predicted molar refractivity (Wildman–Crippen MR) is 113 cm³/mol. The van der Waals surface area contributed by atoms with Crippen LogP contribution in [0.1, 0.15) is 5.56 Å². The van der Waals surface area contributed by atoms with Crippen molar-refractivity contribution in [1.82, 2.24) is 9.97 Å². The predicted octanol–water partition coefficient (Wildman–Crippen LogP) is 6.04. The van der Waals surface area contributed by atoms with E-state index in [1.807, 2.05) is 18.2 Å². The van der Waals surface area contributed by atoms with Crippen molar-refractivity contribution < 1.29 is 18.0 Å². The van der Waals surface area contributed by atoms with Gasteiger partial charge in [-0.1, -0.05) is 24.3 Å². The van der Waals surface area contributed by atoms with Crippen LogP contribution in [0.5, 0.6) is 0 Å². The Morgan fingerprint density at radius 1 is 0.774 bits per heavy atom. The number of alkyl halides is 3. The van der Waals surface area contributed by atoms with Crippen molar-refractivity contribution in [2.45, 2.75) is 6.18 Å². The van der Waals surface area contributed by atoms with Crippen molar-refractivity contribution in [3.05, 3.63) is 84.7 Å². The first-order valence-electron chi connectivity index (χ1n) is 9.20. The van der Waals surface area contributed by atoms with E-state index in [9.17, 15) is 18.0 Å². The topological polar surface area (TPSA) is 78.9 Å². The van der Waals surface area contributed by atoms with Gasteiger partial charge in [-0.05, 0) is 48.5 Å². The van der Waals surface area contributed by atoms with Gasteiger partial charge in [0.15, 0.2) is 0 Å². The first-order chi connectivity index (χ1) is 14.9. The lowest BCUT2D eigenvalue weighted by Crippen LogP contribution is -2.19. The summed E-state index contributed by atoms with van der Waals surface area (Å²) in [6, 6.07) is 18.4. The van der Waals surface area contributed by atoms with Crippen molar-refractivity contribution >= 4 is 39.8 Å². The van der Waals surface area contributed by atoms with Crippen LogP contribution in [0.3, 0.4) is 0 Å². The maximum atomic E-state index is 13.0. The molecule has 0 atom stereocenters. The quantitative estimate of drug-likeness (QED) is 0.374. The van der Waals surface area contributed by atoms with Crippen LogP contribution in [-0.2, 0) is 6.18 Å². The first-order valence-corrected chi connectivity index (χ1v) is 9.20. The van der Waals surface area contributed by atoms with Gasteiger partial charge in [-0.3, -0.25) is 0 Å². The van der Waals surface area contributed by atoms with Crippen molar-refractivity contribution in [2.24, 2.45) is 0 Å². The van der Waals surface area contributed by atoms with Gasteiger partial charge in [0.1, 0.15) is 12.1 Å². The van der Waals surface area contributed by atoms with Gasteiger partial charge in [-0.2, -0.15) is 13.2 Å². The van der Waals surface area contributed by atoms with Crippen LogP contribution in [0.15, 0.2) is 79.1 Å². The molecule has 0 aliphatic heterocycles. The van der Waals surface area contributed by atoms with Crippen LogP contribution in [0.2, 0.25) is 0 Å². The van der Waals surface area contributed by atoms with Crippen molar-refractivity contribution in [3.8, 4) is 0 Å². The monoisotopic (exact) mass is 423 g/mol. The average Bonchev–Trinajstić information content (AvgIpc) is 2.74. The molecule has 0 spiro atoms. The van der Waals surface area contributed by atoms with E-state index in [1.54, 1.807) is 30.3 Å². The van der Waals surface area contributed by atoms with Crippen LogP contribution in [0.4, 0.5) is 40.8 Å². The third kappa shape index (κ3) is 4.89. The molecule has 0 fully saturated rings. The molecule has 0 radical (unpaired) electrons. The molecular weight excluding hydrogens is 407 g/mol. The molecule has 4 aromatic rings. The number of urea groups is 1. The third-order valence-corrected chi connectivity index (χ3v) is 4.38. The fourth-order valence-corrected chi connectivity index (χ4v) is 2.96. The Bertz CT molecular complexity index is 1230. The fraction of sp³-hybridized carbons (Fsp3) is 0.0455. The van der Waals surface area contributed by atoms with Gasteiger partial charge in [-0.25, -0.2) is 14.8 Å². The zero-order chi connectivity index (χ0) is 21.8. The molecule has 2 amide bonds. The summed E-state index contributed by atoms with van der Waals surface area (Å²) in [4.78, 5) is 20.5. The normalized spacial score (nSPS) is 11.2. The van der Waals surface area contributed by atoms with Gasteiger partial charge in [-0.15, -0.1) is 0 Å². The Morgan fingerprint density at radius 3 is 2.29 bits per heavy atom. The number of nitrogens with one attached hydrogen (secondary N) is 3. The Balaban J connectivity index is 1.54. The molecule has 3 aromatic carbocycles. The molecule has 31 heavy (non-hydrogen) atoms. The highest BCUT2D eigenvalue weighted by molar-refractivity contribution is 6.01. The summed E-state index contributed by atoms with van der Waals surface area (Å²) >= 11 is 0. The zero-order valence-corrected chi connectivity index (χ0v) is 15.9. The Hall–Kier alpha value is -4.14. The third-order valence-electron chi connectivity index (χ3n) is 4.38. The second kappa shape index (κ2) is 8.31. The van der Waals surface area contributed by atoms with E-state index < -0.39 is 17.8 Å². The highest BCUT2D eigenvalue weighted by Crippen LogP contribution is 2.32. The fourth-order valence-electron chi connectivity index (χ4n) is 2.96. The number of rotatable bonds is 4. The molecule has 6 nitrogen and oxygen atoms in total. The number of para-hydroxylation sites is 1. The minimum Gasteiger partial charge on any atom is -0.340 e. The van der Waals surface area contributed by atoms with Gasteiger partial charge < -0.3 is 16.0 Å². The number of anilines is 4. The Morgan fingerprint density at radius 2 is 1.52 bits per heavy atom. The molecule has 0 saturated carbocycles. The SMILES string of the molecule is O=C(Nc1ccccc1)Nc1ccc2c(Nc3cccc(C(F)(F)F)c3)ncnc2c1. The Labute approximate surface area is 175 Å². The van der Waals surface area contributed by atoms with Gasteiger partial charge in [0.2, 0.25) is 0 Å². The van der Waals surface area contributed by atoms with E-state index >= 15 is 0 Å². The summed E-state index contributed by atoms with van der Waals surface area (Å²) in [5, 5.41) is 8.93. The molecule has 4 rings (SSSR count). The summed E-state index contributed by atoms with van der Waals surface area (Å²) in [5.41, 5.74) is 1.16. The van der Waals surface area contributed by atoms with Crippen LogP contribution in [-0.4, -0.2) is 16.0 Å². The molecule has 1 aromatic heterocycles. The van der Waals surface area contributed by atoms with E-state index in [1.165, 1.54) is 18.5 Å². The maximum Gasteiger partial charge on any atom is 0.416 e. The number of halogens is 3. The lowest BCUT2D eigenvalue weighted by atomic mass is 10.1. The number of benzene rings is 3. The van der Waals surface area contributed by atoms with Gasteiger partial charge >= 0.3 is 12.2 Å². The summed E-state index contributed by atoms with van der Waals surface area (Å²) < 4.78 is 38.9. The van der Waals surface area contributed by atoms with Crippen molar-refractivity contribution in [1.29, 1.82) is 0 Å². The lowest BCUT2D eigenvalue weighted by molar-refractivity contribution is -0.137. The van der Waals surface area contributed by atoms with Gasteiger partial charge in [0, 0.05) is 22.4 Å². The number of aromatic nitrogens is 2. The van der Waals surface area contributed by atoms with Crippen LogP contribution in [0.25, 0.3) is 10.9 Å². The molecule has 1 heterocycles. The number of carbonyl (C=O) groups is 1. The maximum absolute atomic E-state index is 13.0. The molecule has 3 N–H and O–H groups in total. The molecular formula is C22H16F3N5O. The van der Waals surface area contributed by atoms with Crippen molar-refractivity contribution in [2.75, 3.05) is 16.0 Å². The number of carbonyl (C=O) groups excluding carboxylic acids is 1. The molecule has 0 aliphatic rings. The minimum absolute atomic E-state index is 0.249. The van der Waals surface area contributed by atoms with Gasteiger partial charge in [0.25, 0.3) is 0 Å². The number of hydrogen-bond acceptors (Lipinski definition) is 4. The van der Waals surface area contributed by atoms with E-state index in [2.05, 4.69) is 25.9 Å². The second-order valence-corrected chi connectivity index (χ2v) is 6.60. The molecule has 9 heteroatoms. The van der Waals surface area contributed by atoms with Crippen LogP contribution < -0.4 is 16.0 Å². The molecule has 0 saturated heterocycles. The van der Waals surface area contributed by atoms with Gasteiger partial charge in [0.05, 0.1) is 11.1 Å². The van der Waals surface area contributed by atoms with Crippen LogP contribution in [0, 0.1) is 0 Å². The largest absolute Gasteiger partial charge is 0.416 e. The number of nitrogens with zero attached hydrogens (tertiary/aromatic N) is 2. The number of amides is 2. The zero-order valence-electron chi connectivity index (χ0n) is 15.9. The summed E-state index contributed by atoms with van der Waals surface area (Å²) in [6.07, 6.45) is -3.14. The molecule has 156 valence electrons. The molecule has 0 bridgehead atoms. The standard InChI is InChI=1S/C22H16F3N5O/c23-22(24,25)14-5-4-8-16(11-14)28-20-18-10-9-17(12-19(18)26-13-27-20)30-21(31)29-15-6-2-1-3-7-15/h1-13H,(H,26,27,28)(H2,29,30,31). The molecule has 0 aliphatic carbocycles.